The van der Waals surface area contributed by atoms with Crippen LogP contribution in [0.15, 0.2) is 42.5 Å². The fourth-order valence-corrected chi connectivity index (χ4v) is 3.46. The number of carbonyl (C=O) groups excluding carboxylic acids is 1. The number of piperazine rings is 1. The van der Waals surface area contributed by atoms with Crippen LogP contribution in [-0.4, -0.2) is 55.0 Å². The van der Waals surface area contributed by atoms with E-state index in [9.17, 15) is 4.79 Å². The lowest BCUT2D eigenvalue weighted by molar-refractivity contribution is -0.127. The van der Waals surface area contributed by atoms with Crippen molar-refractivity contribution >= 4 is 29.1 Å². The first-order valence-corrected chi connectivity index (χ1v) is 10.5. The summed E-state index contributed by atoms with van der Waals surface area (Å²) in [5.74, 6) is 0.327. The number of benzene rings is 2. The van der Waals surface area contributed by atoms with Crippen molar-refractivity contribution in [2.24, 2.45) is 0 Å². The molecule has 1 aliphatic rings. The quantitative estimate of drug-likeness (QED) is 0.717. The van der Waals surface area contributed by atoms with Gasteiger partial charge in [0.15, 0.2) is 6.10 Å². The Morgan fingerprint density at radius 3 is 2.34 bits per heavy atom. The average Bonchev–Trinajstić information content (AvgIpc) is 2.71. The molecule has 29 heavy (non-hydrogen) atoms. The van der Waals surface area contributed by atoms with Gasteiger partial charge in [-0.05, 0) is 37.2 Å². The minimum atomic E-state index is -0.635. The van der Waals surface area contributed by atoms with Crippen molar-refractivity contribution in [1.82, 2.24) is 15.1 Å². The molecule has 7 heteroatoms. The Morgan fingerprint density at radius 1 is 1.03 bits per heavy atom. The first-order valence-electron chi connectivity index (χ1n) is 9.79. The summed E-state index contributed by atoms with van der Waals surface area (Å²) in [6, 6.07) is 13.3. The first-order chi connectivity index (χ1) is 13.9. The van der Waals surface area contributed by atoms with Crippen molar-refractivity contribution in [3.05, 3.63) is 63.6 Å². The molecule has 0 saturated carbocycles. The van der Waals surface area contributed by atoms with E-state index in [2.05, 4.69) is 46.4 Å². The standard InChI is InChI=1S/C22H27Cl2N3O2/c1-16(29-19-7-8-20(23)21(24)13-19)22(28)25-14-17-3-5-18(6-4-17)15-27-11-9-26(2)10-12-27/h3-8,13,16H,9-12,14-15H2,1-2H3,(H,25,28). The Kier molecular flexibility index (Phi) is 7.78. The highest BCUT2D eigenvalue weighted by Crippen LogP contribution is 2.26. The molecule has 0 aromatic heterocycles. The van der Waals surface area contributed by atoms with E-state index in [0.717, 1.165) is 38.3 Å². The molecule has 0 spiro atoms. The van der Waals surface area contributed by atoms with Crippen LogP contribution in [-0.2, 0) is 17.9 Å². The van der Waals surface area contributed by atoms with Crippen LogP contribution in [0.4, 0.5) is 0 Å². The van der Waals surface area contributed by atoms with Gasteiger partial charge < -0.3 is 15.0 Å². The second-order valence-electron chi connectivity index (χ2n) is 7.45. The summed E-state index contributed by atoms with van der Waals surface area (Å²) in [4.78, 5) is 17.1. The summed E-state index contributed by atoms with van der Waals surface area (Å²) in [7, 11) is 2.16. The summed E-state index contributed by atoms with van der Waals surface area (Å²) in [6.45, 7) is 7.57. The lowest BCUT2D eigenvalue weighted by atomic mass is 10.1. The van der Waals surface area contributed by atoms with Crippen molar-refractivity contribution in [3.8, 4) is 5.75 Å². The van der Waals surface area contributed by atoms with Gasteiger partial charge in [-0.15, -0.1) is 0 Å². The van der Waals surface area contributed by atoms with E-state index in [0.29, 0.717) is 22.3 Å². The van der Waals surface area contributed by atoms with E-state index in [1.807, 2.05) is 0 Å². The predicted octanol–water partition coefficient (Wildman–Crippen LogP) is 3.82. The molecule has 1 aliphatic heterocycles. The van der Waals surface area contributed by atoms with Crippen molar-refractivity contribution < 1.29 is 9.53 Å². The normalized spacial score (nSPS) is 16.4. The van der Waals surface area contributed by atoms with E-state index in [1.165, 1.54) is 5.56 Å². The van der Waals surface area contributed by atoms with Gasteiger partial charge in [0.25, 0.3) is 5.91 Å². The predicted molar refractivity (Wildman–Crippen MR) is 118 cm³/mol. The second kappa shape index (κ2) is 10.3. The van der Waals surface area contributed by atoms with Gasteiger partial charge in [0.1, 0.15) is 5.75 Å². The molecule has 156 valence electrons. The molecule has 2 aromatic carbocycles. The van der Waals surface area contributed by atoms with Crippen LogP contribution >= 0.6 is 23.2 Å². The average molecular weight is 436 g/mol. The van der Waals surface area contributed by atoms with Gasteiger partial charge in [0.05, 0.1) is 10.0 Å². The van der Waals surface area contributed by atoms with E-state index in [4.69, 9.17) is 27.9 Å². The summed E-state index contributed by atoms with van der Waals surface area (Å²) in [6.07, 6.45) is -0.635. The monoisotopic (exact) mass is 435 g/mol. The molecule has 5 nitrogen and oxygen atoms in total. The molecule has 0 bridgehead atoms. The zero-order valence-electron chi connectivity index (χ0n) is 16.8. The number of amides is 1. The molecule has 1 amide bonds. The highest BCUT2D eigenvalue weighted by atomic mass is 35.5. The molecular formula is C22H27Cl2N3O2. The molecule has 1 unspecified atom stereocenters. The van der Waals surface area contributed by atoms with E-state index in [-0.39, 0.29) is 5.91 Å². The molecule has 1 fully saturated rings. The molecule has 1 saturated heterocycles. The summed E-state index contributed by atoms with van der Waals surface area (Å²) in [5.41, 5.74) is 2.35. The zero-order valence-corrected chi connectivity index (χ0v) is 18.3. The van der Waals surface area contributed by atoms with E-state index >= 15 is 0 Å². The van der Waals surface area contributed by atoms with Crippen LogP contribution in [0, 0.1) is 0 Å². The van der Waals surface area contributed by atoms with E-state index in [1.54, 1.807) is 25.1 Å². The largest absolute Gasteiger partial charge is 0.481 e. The lowest BCUT2D eigenvalue weighted by Crippen LogP contribution is -2.43. The molecule has 1 atom stereocenters. The Morgan fingerprint density at radius 2 is 1.69 bits per heavy atom. The maximum atomic E-state index is 12.3. The number of halogens is 2. The van der Waals surface area contributed by atoms with Gasteiger partial charge in [-0.2, -0.15) is 0 Å². The smallest absolute Gasteiger partial charge is 0.261 e. The van der Waals surface area contributed by atoms with Crippen molar-refractivity contribution in [2.45, 2.75) is 26.1 Å². The third-order valence-electron chi connectivity index (χ3n) is 5.06. The Hall–Kier alpha value is -1.79. The number of hydrogen-bond donors (Lipinski definition) is 1. The van der Waals surface area contributed by atoms with Crippen LogP contribution in [0.25, 0.3) is 0 Å². The molecular weight excluding hydrogens is 409 g/mol. The summed E-state index contributed by atoms with van der Waals surface area (Å²) < 4.78 is 5.65. The van der Waals surface area contributed by atoms with Crippen molar-refractivity contribution in [1.29, 1.82) is 0 Å². The SMILES string of the molecule is CC(Oc1ccc(Cl)c(Cl)c1)C(=O)NCc1ccc(CN2CCN(C)CC2)cc1. The van der Waals surface area contributed by atoms with E-state index < -0.39 is 6.10 Å². The Balaban J connectivity index is 1.45. The highest BCUT2D eigenvalue weighted by Gasteiger charge is 2.16. The van der Waals surface area contributed by atoms with Gasteiger partial charge in [-0.3, -0.25) is 9.69 Å². The number of carbonyl (C=O) groups is 1. The van der Waals surface area contributed by atoms with Gasteiger partial charge in [0.2, 0.25) is 0 Å². The minimum absolute atomic E-state index is 0.183. The van der Waals surface area contributed by atoms with Crippen LogP contribution < -0.4 is 10.1 Å². The van der Waals surface area contributed by atoms with Crippen LogP contribution in [0.5, 0.6) is 5.75 Å². The van der Waals surface area contributed by atoms with Crippen LogP contribution in [0.3, 0.4) is 0 Å². The fraction of sp³-hybridized carbons (Fsp3) is 0.409. The number of ether oxygens (including phenoxy) is 1. The van der Waals surface area contributed by atoms with Crippen LogP contribution in [0.1, 0.15) is 18.1 Å². The Bertz CT molecular complexity index is 821. The third kappa shape index (κ3) is 6.61. The molecule has 3 rings (SSSR count). The fourth-order valence-electron chi connectivity index (χ4n) is 3.17. The Labute approximate surface area is 182 Å². The maximum absolute atomic E-state index is 12.3. The van der Waals surface area contributed by atoms with Gasteiger partial charge in [-0.1, -0.05) is 47.5 Å². The number of hydrogen-bond acceptors (Lipinski definition) is 4. The van der Waals surface area contributed by atoms with Crippen molar-refractivity contribution in [3.63, 3.8) is 0 Å². The number of nitrogens with zero attached hydrogens (tertiary/aromatic N) is 2. The molecule has 0 aliphatic carbocycles. The number of likely N-dealkylation sites (N-methyl/N-ethyl adjacent to an activating group) is 1. The molecule has 2 aromatic rings. The molecule has 1 heterocycles. The summed E-state index contributed by atoms with van der Waals surface area (Å²) >= 11 is 11.9. The second-order valence-corrected chi connectivity index (χ2v) is 8.26. The maximum Gasteiger partial charge on any atom is 0.261 e. The van der Waals surface area contributed by atoms with Gasteiger partial charge >= 0.3 is 0 Å². The minimum Gasteiger partial charge on any atom is -0.481 e. The number of rotatable bonds is 7. The number of nitrogens with one attached hydrogen (secondary N) is 1. The van der Waals surface area contributed by atoms with Gasteiger partial charge in [-0.25, -0.2) is 0 Å². The lowest BCUT2D eigenvalue weighted by Gasteiger charge is -2.32. The highest BCUT2D eigenvalue weighted by molar-refractivity contribution is 6.42. The summed E-state index contributed by atoms with van der Waals surface area (Å²) in [5, 5.41) is 3.76. The molecule has 1 N–H and O–H groups in total. The zero-order chi connectivity index (χ0) is 20.8. The van der Waals surface area contributed by atoms with Crippen molar-refractivity contribution in [2.75, 3.05) is 33.2 Å². The third-order valence-corrected chi connectivity index (χ3v) is 5.80. The van der Waals surface area contributed by atoms with Crippen LogP contribution in [0.2, 0.25) is 10.0 Å². The molecule has 0 radical (unpaired) electrons. The first kappa shape index (κ1) is 21.9. The van der Waals surface area contributed by atoms with Gasteiger partial charge in [0, 0.05) is 45.3 Å². The topological polar surface area (TPSA) is 44.8 Å².